The molecule has 0 N–H and O–H groups in total. The summed E-state index contributed by atoms with van der Waals surface area (Å²) >= 11 is 0. The standard InChI is InChI=1S/C70H116O6/c1-4-7-10-13-16-19-22-24-26-28-30-31-32-33-34-35-36-37-38-39-41-42-44-46-48-51-54-57-60-63-69(72)75-66-67(65-74-68(71)62-59-56-53-50-21-18-15-12-9-6-3)76-70(73)64-61-58-55-52-49-47-45-43-40-29-27-25-23-20-17-14-11-8-5-2/h7-8,10-11,16-17,19-20,24-27,30-31,33-34,36-37,40,43,67H,4-6,9,12-15,18,21-23,28-29,32,35,38-39,41-42,44-66H2,1-3H3/b10-7-,11-8-,19-16-,20-17-,26-24-,27-25-,31-30-,34-33-,37-36-,43-40-. The van der Waals surface area contributed by atoms with Crippen molar-refractivity contribution in [2.75, 3.05) is 13.2 Å². The third kappa shape index (κ3) is 60.7. The van der Waals surface area contributed by atoms with Gasteiger partial charge in [-0.25, -0.2) is 0 Å². The average molecular weight is 1050 g/mol. The van der Waals surface area contributed by atoms with Gasteiger partial charge in [0.1, 0.15) is 13.2 Å². The summed E-state index contributed by atoms with van der Waals surface area (Å²) < 4.78 is 16.9. The van der Waals surface area contributed by atoms with Crippen LogP contribution in [0, 0.1) is 0 Å². The fraction of sp³-hybridized carbons (Fsp3) is 0.671. The highest BCUT2D eigenvalue weighted by Gasteiger charge is 2.19. The zero-order valence-electron chi connectivity index (χ0n) is 49.5. The van der Waals surface area contributed by atoms with Gasteiger partial charge in [0.15, 0.2) is 6.10 Å². The summed E-state index contributed by atoms with van der Waals surface area (Å²) in [5, 5.41) is 0. The monoisotopic (exact) mass is 1050 g/mol. The number of rotatable bonds is 56. The number of carbonyl (C=O) groups excluding carboxylic acids is 3. The van der Waals surface area contributed by atoms with Crippen LogP contribution in [0.15, 0.2) is 122 Å². The van der Waals surface area contributed by atoms with E-state index in [0.29, 0.717) is 19.3 Å². The Bertz CT molecular complexity index is 1590. The van der Waals surface area contributed by atoms with Crippen molar-refractivity contribution >= 4 is 17.9 Å². The quantitative estimate of drug-likeness (QED) is 0.0261. The van der Waals surface area contributed by atoms with E-state index in [1.54, 1.807) is 0 Å². The highest BCUT2D eigenvalue weighted by Crippen LogP contribution is 2.15. The van der Waals surface area contributed by atoms with E-state index in [4.69, 9.17) is 14.2 Å². The lowest BCUT2D eigenvalue weighted by atomic mass is 10.1. The summed E-state index contributed by atoms with van der Waals surface area (Å²) in [5.41, 5.74) is 0. The Morgan fingerprint density at radius 2 is 0.513 bits per heavy atom. The van der Waals surface area contributed by atoms with Gasteiger partial charge < -0.3 is 14.2 Å². The number of carbonyl (C=O) groups is 3. The van der Waals surface area contributed by atoms with E-state index >= 15 is 0 Å². The van der Waals surface area contributed by atoms with Gasteiger partial charge in [0.25, 0.3) is 0 Å². The SMILES string of the molecule is CC/C=C\C/C=C\C/C=C\C/C=C\C/C=C\C/C=C\CCCCCCCCCCCCC(=O)OCC(COC(=O)CCCCCCCCCCCC)OC(=O)CCCCCCCC/C=C\C/C=C\C/C=C\C/C=C\CC. The first-order valence-corrected chi connectivity index (χ1v) is 31.5. The van der Waals surface area contributed by atoms with Crippen LogP contribution in [0.1, 0.15) is 284 Å². The molecule has 0 bridgehead atoms. The lowest BCUT2D eigenvalue weighted by Gasteiger charge is -2.18. The van der Waals surface area contributed by atoms with Crippen molar-refractivity contribution in [3.8, 4) is 0 Å². The van der Waals surface area contributed by atoms with Crippen LogP contribution < -0.4 is 0 Å². The van der Waals surface area contributed by atoms with Crippen LogP contribution >= 0.6 is 0 Å². The highest BCUT2D eigenvalue weighted by atomic mass is 16.6. The zero-order valence-corrected chi connectivity index (χ0v) is 49.5. The average Bonchev–Trinajstić information content (AvgIpc) is 3.42. The van der Waals surface area contributed by atoms with Crippen LogP contribution in [0.2, 0.25) is 0 Å². The van der Waals surface area contributed by atoms with Crippen molar-refractivity contribution in [3.63, 3.8) is 0 Å². The molecule has 0 heterocycles. The first kappa shape index (κ1) is 71.8. The van der Waals surface area contributed by atoms with Gasteiger partial charge in [0, 0.05) is 19.3 Å². The van der Waals surface area contributed by atoms with E-state index in [-0.39, 0.29) is 31.1 Å². The molecule has 0 saturated carbocycles. The van der Waals surface area contributed by atoms with Crippen molar-refractivity contribution in [1.29, 1.82) is 0 Å². The Kier molecular flexibility index (Phi) is 59.9. The minimum atomic E-state index is -0.789. The molecule has 0 aromatic heterocycles. The molecular weight excluding hydrogens is 937 g/mol. The topological polar surface area (TPSA) is 78.9 Å². The molecule has 76 heavy (non-hydrogen) atoms. The van der Waals surface area contributed by atoms with Crippen molar-refractivity contribution < 1.29 is 28.6 Å². The molecule has 0 radical (unpaired) electrons. The number of ether oxygens (including phenoxy) is 3. The van der Waals surface area contributed by atoms with Gasteiger partial charge in [0.05, 0.1) is 0 Å². The molecule has 0 rings (SSSR count). The Hall–Kier alpha value is -4.19. The Morgan fingerprint density at radius 1 is 0.276 bits per heavy atom. The molecule has 1 unspecified atom stereocenters. The van der Waals surface area contributed by atoms with E-state index < -0.39 is 6.10 Å². The minimum Gasteiger partial charge on any atom is -0.462 e. The number of hydrogen-bond donors (Lipinski definition) is 0. The van der Waals surface area contributed by atoms with E-state index in [9.17, 15) is 14.4 Å². The van der Waals surface area contributed by atoms with E-state index in [0.717, 1.165) is 135 Å². The maximum absolute atomic E-state index is 12.9. The summed E-state index contributed by atoms with van der Waals surface area (Å²) in [4.78, 5) is 38.2. The van der Waals surface area contributed by atoms with Crippen LogP contribution in [0.25, 0.3) is 0 Å². The van der Waals surface area contributed by atoms with Crippen molar-refractivity contribution in [3.05, 3.63) is 122 Å². The van der Waals surface area contributed by atoms with Crippen molar-refractivity contribution in [2.45, 2.75) is 290 Å². The van der Waals surface area contributed by atoms with Crippen LogP contribution in [-0.4, -0.2) is 37.2 Å². The van der Waals surface area contributed by atoms with Gasteiger partial charge in [-0.05, 0) is 109 Å². The fourth-order valence-corrected chi connectivity index (χ4v) is 8.56. The predicted octanol–water partition coefficient (Wildman–Crippen LogP) is 21.6. The van der Waals surface area contributed by atoms with E-state index in [1.165, 1.54) is 109 Å². The molecule has 6 heteroatoms. The van der Waals surface area contributed by atoms with Crippen LogP contribution in [0.3, 0.4) is 0 Å². The molecule has 0 saturated heterocycles. The molecule has 6 nitrogen and oxygen atoms in total. The summed E-state index contributed by atoms with van der Waals surface area (Å²) in [6.45, 7) is 6.40. The van der Waals surface area contributed by atoms with Crippen LogP contribution in [0.4, 0.5) is 0 Å². The second kappa shape index (κ2) is 63.3. The molecule has 0 aliphatic rings. The number of allylic oxidation sites excluding steroid dienone is 20. The Morgan fingerprint density at radius 3 is 0.803 bits per heavy atom. The molecular formula is C70H116O6. The molecule has 1 atom stereocenters. The first-order valence-electron chi connectivity index (χ1n) is 31.5. The van der Waals surface area contributed by atoms with Gasteiger partial charge in [-0.15, -0.1) is 0 Å². The maximum Gasteiger partial charge on any atom is 0.306 e. The number of esters is 3. The highest BCUT2D eigenvalue weighted by molar-refractivity contribution is 5.71. The smallest absolute Gasteiger partial charge is 0.306 e. The van der Waals surface area contributed by atoms with E-state index in [1.807, 2.05) is 0 Å². The molecule has 0 aromatic carbocycles. The molecule has 0 fully saturated rings. The Labute approximate surface area is 469 Å². The molecule has 0 aromatic rings. The minimum absolute atomic E-state index is 0.0850. The summed E-state index contributed by atoms with van der Waals surface area (Å²) in [6.07, 6.45) is 87.8. The zero-order chi connectivity index (χ0) is 55.0. The molecule has 432 valence electrons. The van der Waals surface area contributed by atoms with Gasteiger partial charge >= 0.3 is 17.9 Å². The molecule has 0 spiro atoms. The van der Waals surface area contributed by atoms with Gasteiger partial charge in [-0.1, -0.05) is 277 Å². The van der Waals surface area contributed by atoms with Crippen LogP contribution in [-0.2, 0) is 28.6 Å². The molecule has 0 aliphatic carbocycles. The lowest BCUT2D eigenvalue weighted by molar-refractivity contribution is -0.167. The van der Waals surface area contributed by atoms with Crippen LogP contribution in [0.5, 0.6) is 0 Å². The number of hydrogen-bond acceptors (Lipinski definition) is 6. The maximum atomic E-state index is 12.9. The largest absolute Gasteiger partial charge is 0.462 e. The van der Waals surface area contributed by atoms with E-state index in [2.05, 4.69) is 142 Å². The molecule has 0 aliphatic heterocycles. The van der Waals surface area contributed by atoms with Crippen molar-refractivity contribution in [2.24, 2.45) is 0 Å². The summed E-state index contributed by atoms with van der Waals surface area (Å²) in [6, 6.07) is 0. The van der Waals surface area contributed by atoms with Gasteiger partial charge in [-0.3, -0.25) is 14.4 Å². The van der Waals surface area contributed by atoms with Gasteiger partial charge in [0.2, 0.25) is 0 Å². The second-order valence-electron chi connectivity index (χ2n) is 20.6. The normalized spacial score (nSPS) is 12.9. The second-order valence-corrected chi connectivity index (χ2v) is 20.6. The fourth-order valence-electron chi connectivity index (χ4n) is 8.56. The predicted molar refractivity (Wildman–Crippen MR) is 330 cm³/mol. The molecule has 0 amide bonds. The summed E-state index contributed by atoms with van der Waals surface area (Å²) in [7, 11) is 0. The third-order valence-corrected chi connectivity index (χ3v) is 13.2. The third-order valence-electron chi connectivity index (χ3n) is 13.2. The number of unbranched alkanes of at least 4 members (excludes halogenated alkanes) is 25. The van der Waals surface area contributed by atoms with Gasteiger partial charge in [-0.2, -0.15) is 0 Å². The summed E-state index contributed by atoms with van der Waals surface area (Å²) in [5.74, 6) is -0.901. The Balaban J connectivity index is 4.27. The first-order chi connectivity index (χ1) is 37.5. The van der Waals surface area contributed by atoms with Crippen molar-refractivity contribution in [1.82, 2.24) is 0 Å². The lowest BCUT2D eigenvalue weighted by Crippen LogP contribution is -2.30.